The molecule has 9 aromatic carbocycles. The van der Waals surface area contributed by atoms with Crippen LogP contribution in [0.2, 0.25) is 0 Å². The Morgan fingerprint density at radius 2 is 0.625 bits per heavy atom. The van der Waals surface area contributed by atoms with Crippen molar-refractivity contribution < 1.29 is 0 Å². The Morgan fingerprint density at radius 3 is 0.958 bits per heavy atom. The topological polar surface area (TPSA) is 6.48 Å². The Morgan fingerprint density at radius 1 is 0.306 bits per heavy atom. The molecule has 0 saturated heterocycles. The molecule has 0 atom stereocenters. The predicted octanol–water partition coefficient (Wildman–Crippen LogP) is 17.6. The molecular formula is C69H67BN2. The first-order valence-corrected chi connectivity index (χ1v) is 27.2. The van der Waals surface area contributed by atoms with Gasteiger partial charge in [-0.2, -0.15) is 0 Å². The maximum Gasteiger partial charge on any atom is 0.252 e. The van der Waals surface area contributed by atoms with Crippen LogP contribution in [0.1, 0.15) is 95.2 Å². The van der Waals surface area contributed by atoms with Crippen molar-refractivity contribution in [3.8, 4) is 44.5 Å². The van der Waals surface area contributed by atoms with Gasteiger partial charge in [0.25, 0.3) is 6.71 Å². The zero-order chi connectivity index (χ0) is 48.8. The minimum absolute atomic E-state index is 0.0136. The van der Waals surface area contributed by atoms with E-state index in [0.717, 1.165) is 25.7 Å². The van der Waals surface area contributed by atoms with Crippen LogP contribution < -0.4 is 26.2 Å². The highest BCUT2D eigenvalue weighted by molar-refractivity contribution is 7.00. The van der Waals surface area contributed by atoms with Crippen LogP contribution in [0, 0.1) is 0 Å². The summed E-state index contributed by atoms with van der Waals surface area (Å²) in [6.45, 7) is 6.96. The number of fused-ring (bicyclic) bond motifs is 4. The second kappa shape index (κ2) is 21.6. The van der Waals surface area contributed by atoms with Crippen LogP contribution in [0.15, 0.2) is 206 Å². The Balaban J connectivity index is 1.28. The minimum atomic E-state index is 0.0136. The summed E-state index contributed by atoms with van der Waals surface area (Å²) >= 11 is 0. The van der Waals surface area contributed by atoms with E-state index in [-0.39, 0.29) is 6.71 Å². The molecule has 0 aliphatic carbocycles. The van der Waals surface area contributed by atoms with Crippen molar-refractivity contribution in [2.45, 2.75) is 97.8 Å². The number of hydrogen-bond acceptors (Lipinski definition) is 2. The van der Waals surface area contributed by atoms with E-state index in [1.165, 1.54) is 163 Å². The maximum absolute atomic E-state index is 2.73. The highest BCUT2D eigenvalue weighted by Gasteiger charge is 2.45. The van der Waals surface area contributed by atoms with Crippen molar-refractivity contribution in [3.63, 3.8) is 0 Å². The Hall–Kier alpha value is -7.36. The fraction of sp³-hybridized carbons (Fsp3) is 0.217. The molecule has 11 rings (SSSR count). The second-order valence-electron chi connectivity index (χ2n) is 20.2. The van der Waals surface area contributed by atoms with Gasteiger partial charge in [0.15, 0.2) is 0 Å². The molecule has 2 aliphatic rings. The molecule has 0 saturated carbocycles. The van der Waals surface area contributed by atoms with E-state index in [1.807, 2.05) is 0 Å². The largest absolute Gasteiger partial charge is 0.310 e. The van der Waals surface area contributed by atoms with Crippen molar-refractivity contribution in [3.05, 3.63) is 223 Å². The first kappa shape index (κ1) is 47.0. The first-order valence-electron chi connectivity index (χ1n) is 27.2. The van der Waals surface area contributed by atoms with Crippen molar-refractivity contribution in [1.82, 2.24) is 0 Å². The molecule has 2 nitrogen and oxygen atoms in total. The van der Waals surface area contributed by atoms with Crippen LogP contribution in [0.25, 0.3) is 44.5 Å². The van der Waals surface area contributed by atoms with E-state index in [2.05, 4.69) is 237 Å². The third-order valence-corrected chi connectivity index (χ3v) is 15.3. The number of rotatable bonds is 18. The first-order chi connectivity index (χ1) is 35.6. The molecule has 356 valence electrons. The molecule has 0 fully saturated rings. The highest BCUT2D eigenvalue weighted by Crippen LogP contribution is 2.53. The van der Waals surface area contributed by atoms with E-state index < -0.39 is 0 Å². The molecule has 0 aromatic heterocycles. The van der Waals surface area contributed by atoms with Gasteiger partial charge >= 0.3 is 0 Å². The van der Waals surface area contributed by atoms with Gasteiger partial charge in [0.1, 0.15) is 0 Å². The zero-order valence-corrected chi connectivity index (χ0v) is 42.6. The molecule has 0 spiro atoms. The van der Waals surface area contributed by atoms with E-state index >= 15 is 0 Å². The van der Waals surface area contributed by atoms with Gasteiger partial charge in [-0.25, -0.2) is 0 Å². The summed E-state index contributed by atoms with van der Waals surface area (Å²) in [5.74, 6) is 0. The number of benzene rings is 9. The van der Waals surface area contributed by atoms with Crippen LogP contribution in [-0.2, 0) is 19.3 Å². The second-order valence-corrected chi connectivity index (χ2v) is 20.2. The number of hydrogen-bond donors (Lipinski definition) is 0. The normalized spacial score (nSPS) is 12.4. The molecule has 0 N–H and O–H groups in total. The van der Waals surface area contributed by atoms with Crippen LogP contribution in [0.4, 0.5) is 34.1 Å². The van der Waals surface area contributed by atoms with Gasteiger partial charge in [-0.1, -0.05) is 241 Å². The quantitative estimate of drug-likeness (QED) is 0.0625. The average Bonchev–Trinajstić information content (AvgIpc) is 3.44. The number of unbranched alkanes of at least 4 members (excludes halogenated alkanes) is 6. The summed E-state index contributed by atoms with van der Waals surface area (Å²) in [5, 5.41) is 0. The minimum Gasteiger partial charge on any atom is -0.310 e. The van der Waals surface area contributed by atoms with E-state index in [0.29, 0.717) is 0 Å². The van der Waals surface area contributed by atoms with Gasteiger partial charge in [0.05, 0.1) is 11.4 Å². The molecule has 0 amide bonds. The summed E-state index contributed by atoms with van der Waals surface area (Å²) < 4.78 is 0. The fourth-order valence-electron chi connectivity index (χ4n) is 11.8. The lowest BCUT2D eigenvalue weighted by atomic mass is 9.33. The van der Waals surface area contributed by atoms with Crippen molar-refractivity contribution in [1.29, 1.82) is 0 Å². The van der Waals surface area contributed by atoms with Gasteiger partial charge < -0.3 is 9.80 Å². The van der Waals surface area contributed by atoms with Crippen LogP contribution in [0.3, 0.4) is 0 Å². The molecular weight excluding hydrogens is 868 g/mol. The third kappa shape index (κ3) is 9.11. The maximum atomic E-state index is 2.73. The van der Waals surface area contributed by atoms with Crippen molar-refractivity contribution in [2.75, 3.05) is 9.80 Å². The molecule has 9 aromatic rings. The van der Waals surface area contributed by atoms with E-state index in [4.69, 9.17) is 0 Å². The summed E-state index contributed by atoms with van der Waals surface area (Å²) in [6, 6.07) is 78.7. The van der Waals surface area contributed by atoms with Crippen LogP contribution >= 0.6 is 0 Å². The smallest absolute Gasteiger partial charge is 0.252 e. The zero-order valence-electron chi connectivity index (χ0n) is 42.6. The molecule has 0 radical (unpaired) electrons. The summed E-state index contributed by atoms with van der Waals surface area (Å²) in [4.78, 5) is 5.46. The van der Waals surface area contributed by atoms with Crippen molar-refractivity contribution >= 4 is 57.2 Å². The molecule has 0 bridgehead atoms. The lowest BCUT2D eigenvalue weighted by molar-refractivity contribution is 0.717. The Labute approximate surface area is 430 Å². The highest BCUT2D eigenvalue weighted by atomic mass is 15.2. The monoisotopic (exact) mass is 935 g/mol. The molecule has 3 heteroatoms. The Kier molecular flexibility index (Phi) is 14.1. The van der Waals surface area contributed by atoms with E-state index in [9.17, 15) is 0 Å². The summed E-state index contributed by atoms with van der Waals surface area (Å²) in [6.07, 6.45) is 13.9. The molecule has 0 unspecified atom stereocenters. The van der Waals surface area contributed by atoms with Gasteiger partial charge in [0.2, 0.25) is 0 Å². The molecule has 72 heavy (non-hydrogen) atoms. The number of para-hydroxylation sites is 2. The lowest BCUT2D eigenvalue weighted by Gasteiger charge is -2.46. The van der Waals surface area contributed by atoms with Gasteiger partial charge in [-0.15, -0.1) is 0 Å². The van der Waals surface area contributed by atoms with Crippen LogP contribution in [-0.4, -0.2) is 6.71 Å². The van der Waals surface area contributed by atoms with Gasteiger partial charge in [-0.05, 0) is 118 Å². The van der Waals surface area contributed by atoms with Gasteiger partial charge in [-0.3, -0.25) is 0 Å². The van der Waals surface area contributed by atoms with E-state index in [1.54, 1.807) is 0 Å². The fourth-order valence-corrected chi connectivity index (χ4v) is 11.8. The standard InChI is InChI=1S/C69H67BN2/c1-4-7-14-27-50-42-44-61-63(46-50)71(68-57(53-30-17-10-18-31-53)38-25-39-58(68)54-32-19-11-20-33-54)65-48-52(29-16-9-6-3)49-66-67(65)70(61)62-45-43-51(28-15-8-5-2)47-64(62)72(66)69-59(55-34-21-12-22-35-55)40-26-41-60(69)56-36-23-13-24-37-56/h10-13,17-26,30-49H,4-9,14-16,27-29H2,1-3H3. The lowest BCUT2D eigenvalue weighted by Crippen LogP contribution is -2.61. The Bertz CT molecular complexity index is 2960. The van der Waals surface area contributed by atoms with Crippen molar-refractivity contribution in [2.24, 2.45) is 0 Å². The molecule has 2 aliphatic heterocycles. The number of anilines is 6. The number of nitrogens with zero attached hydrogens (tertiary/aromatic N) is 2. The summed E-state index contributed by atoms with van der Waals surface area (Å²) in [5.41, 5.74) is 25.7. The van der Waals surface area contributed by atoms with Crippen LogP contribution in [0.5, 0.6) is 0 Å². The van der Waals surface area contributed by atoms with Gasteiger partial charge in [0, 0.05) is 45.0 Å². The SMILES string of the molecule is CCCCCc1ccc2c(c1)N(c1c(-c3ccccc3)cccc1-c1ccccc1)c1cc(CCCCC)cc3c1B2c1ccc(CCCCC)cc1N3c1c(-c2ccccc2)cccc1-c1ccccc1. The molecule has 2 heterocycles. The average molecular weight is 935 g/mol. The predicted molar refractivity (Wildman–Crippen MR) is 312 cm³/mol. The third-order valence-electron chi connectivity index (χ3n) is 15.3. The summed E-state index contributed by atoms with van der Waals surface area (Å²) in [7, 11) is 0. The number of aryl methyl sites for hydroxylation is 3.